The average molecular weight is 490 g/mol. The van der Waals surface area contributed by atoms with Gasteiger partial charge in [-0.15, -0.1) is 0 Å². The second kappa shape index (κ2) is 10.2. The molecule has 0 saturated carbocycles. The topological polar surface area (TPSA) is 62.2 Å². The number of fused-ring (bicyclic) bond motifs is 1. The van der Waals surface area contributed by atoms with E-state index in [0.717, 1.165) is 53.1 Å². The lowest BCUT2D eigenvalue weighted by molar-refractivity contribution is 0.165. The van der Waals surface area contributed by atoms with Gasteiger partial charge in [-0.1, -0.05) is 24.3 Å². The van der Waals surface area contributed by atoms with Crippen LogP contribution in [0.25, 0.3) is 11.1 Å². The van der Waals surface area contributed by atoms with Crippen molar-refractivity contribution in [2.24, 2.45) is 5.92 Å². The molecule has 0 amide bonds. The van der Waals surface area contributed by atoms with Crippen molar-refractivity contribution in [3.63, 3.8) is 0 Å². The predicted molar refractivity (Wildman–Crippen MR) is 139 cm³/mol. The Balaban J connectivity index is 1.38. The minimum atomic E-state index is -0.420. The Hall–Kier alpha value is -3.51. The predicted octanol–water partition coefficient (Wildman–Crippen LogP) is 6.22. The number of phenols is 2. The van der Waals surface area contributed by atoms with E-state index in [0.29, 0.717) is 12.4 Å². The first-order valence-corrected chi connectivity index (χ1v) is 12.5. The fourth-order valence-electron chi connectivity index (χ4n) is 5.17. The highest BCUT2D eigenvalue weighted by Gasteiger charge is 2.30. The number of ether oxygens (including phenoxy) is 2. The maximum absolute atomic E-state index is 13.0. The maximum atomic E-state index is 13.0. The molecule has 5 rings (SSSR count). The van der Waals surface area contributed by atoms with E-state index in [-0.39, 0.29) is 30.1 Å². The molecule has 1 fully saturated rings. The van der Waals surface area contributed by atoms with Crippen LogP contribution in [0, 0.1) is 5.92 Å². The first-order chi connectivity index (χ1) is 17.4. The summed E-state index contributed by atoms with van der Waals surface area (Å²) in [4.78, 5) is 2.29. The van der Waals surface area contributed by atoms with Gasteiger partial charge in [0.15, 0.2) is 0 Å². The summed E-state index contributed by atoms with van der Waals surface area (Å²) in [7, 11) is 0. The van der Waals surface area contributed by atoms with E-state index in [4.69, 9.17) is 9.47 Å². The number of hydrogen-bond donors (Lipinski definition) is 2. The summed E-state index contributed by atoms with van der Waals surface area (Å²) >= 11 is 0. The van der Waals surface area contributed by atoms with Crippen LogP contribution in [-0.2, 0) is 0 Å². The standard InChI is InChI=1S/C30H32FNO4/c1-19(32-13-12-21(16-31)17-32)18-35-26-9-6-22(7-10-26)30-29(23-4-3-5-24(33)14-23)20(2)27-11-8-25(34)15-28(27)36-30/h3-11,14-15,19,21,30,33-34H,12-13,16-18H2,1-2H3/t19-,21-,30?/m0/s1. The van der Waals surface area contributed by atoms with Crippen LogP contribution in [-0.4, -0.2) is 47.5 Å². The van der Waals surface area contributed by atoms with Gasteiger partial charge in [0.1, 0.15) is 35.7 Å². The Bertz CT molecular complexity index is 1260. The highest BCUT2D eigenvalue weighted by molar-refractivity contribution is 5.95. The van der Waals surface area contributed by atoms with E-state index < -0.39 is 6.10 Å². The second-order valence-electron chi connectivity index (χ2n) is 9.80. The maximum Gasteiger partial charge on any atom is 0.150 e. The zero-order chi connectivity index (χ0) is 25.2. The van der Waals surface area contributed by atoms with Crippen LogP contribution in [0.3, 0.4) is 0 Å². The summed E-state index contributed by atoms with van der Waals surface area (Å²) < 4.78 is 25.4. The molecule has 3 atom stereocenters. The van der Waals surface area contributed by atoms with Gasteiger partial charge in [0.05, 0.1) is 6.67 Å². The Morgan fingerprint density at radius 1 is 1.06 bits per heavy atom. The number of likely N-dealkylation sites (tertiary alicyclic amines) is 1. The molecule has 0 radical (unpaired) electrons. The normalized spacial score (nSPS) is 20.6. The first kappa shape index (κ1) is 24.2. The number of allylic oxidation sites excluding steroid dienone is 1. The zero-order valence-electron chi connectivity index (χ0n) is 20.7. The van der Waals surface area contributed by atoms with Gasteiger partial charge >= 0.3 is 0 Å². The van der Waals surface area contributed by atoms with Crippen molar-refractivity contribution < 1.29 is 24.1 Å². The molecule has 5 nitrogen and oxygen atoms in total. The number of halogens is 1. The molecule has 2 aliphatic rings. The van der Waals surface area contributed by atoms with Gasteiger partial charge in [0.25, 0.3) is 0 Å². The fourth-order valence-corrected chi connectivity index (χ4v) is 5.17. The highest BCUT2D eigenvalue weighted by atomic mass is 19.1. The van der Waals surface area contributed by atoms with Crippen molar-refractivity contribution in [2.45, 2.75) is 32.4 Å². The molecule has 2 N–H and O–H groups in total. The molecule has 3 aromatic carbocycles. The number of rotatable bonds is 7. The van der Waals surface area contributed by atoms with Crippen molar-refractivity contribution in [3.05, 3.63) is 83.4 Å². The summed E-state index contributed by atoms with van der Waals surface area (Å²) in [5.74, 6) is 1.87. The summed E-state index contributed by atoms with van der Waals surface area (Å²) in [6, 6.07) is 20.4. The molecule has 3 aromatic rings. The van der Waals surface area contributed by atoms with Crippen LogP contribution in [0.4, 0.5) is 4.39 Å². The Labute approximate surface area is 211 Å². The van der Waals surface area contributed by atoms with Crippen LogP contribution < -0.4 is 9.47 Å². The van der Waals surface area contributed by atoms with Gasteiger partial charge in [0.2, 0.25) is 0 Å². The van der Waals surface area contributed by atoms with Crippen LogP contribution in [0.1, 0.15) is 43.1 Å². The number of nitrogens with zero attached hydrogens (tertiary/aromatic N) is 1. The van der Waals surface area contributed by atoms with Crippen molar-refractivity contribution in [1.82, 2.24) is 4.90 Å². The molecule has 0 aromatic heterocycles. The van der Waals surface area contributed by atoms with E-state index in [2.05, 4.69) is 11.8 Å². The second-order valence-corrected chi connectivity index (χ2v) is 9.80. The van der Waals surface area contributed by atoms with Crippen molar-refractivity contribution >= 4 is 11.1 Å². The lowest BCUT2D eigenvalue weighted by atomic mass is 9.86. The largest absolute Gasteiger partial charge is 0.508 e. The fraction of sp³-hybridized carbons (Fsp3) is 0.333. The lowest BCUT2D eigenvalue weighted by Crippen LogP contribution is -2.35. The first-order valence-electron chi connectivity index (χ1n) is 12.5. The van der Waals surface area contributed by atoms with E-state index in [9.17, 15) is 14.6 Å². The van der Waals surface area contributed by atoms with Crippen LogP contribution in [0.15, 0.2) is 66.7 Å². The molecule has 0 bridgehead atoms. The van der Waals surface area contributed by atoms with Gasteiger partial charge in [-0.3, -0.25) is 9.29 Å². The zero-order valence-corrected chi connectivity index (χ0v) is 20.7. The van der Waals surface area contributed by atoms with Gasteiger partial charge in [-0.25, -0.2) is 0 Å². The molecular weight excluding hydrogens is 457 g/mol. The molecule has 6 heteroatoms. The van der Waals surface area contributed by atoms with Gasteiger partial charge in [0, 0.05) is 35.7 Å². The van der Waals surface area contributed by atoms with Gasteiger partial charge < -0.3 is 19.7 Å². The Morgan fingerprint density at radius 3 is 2.56 bits per heavy atom. The van der Waals surface area contributed by atoms with E-state index >= 15 is 0 Å². The van der Waals surface area contributed by atoms with E-state index in [1.54, 1.807) is 24.3 Å². The van der Waals surface area contributed by atoms with Gasteiger partial charge in [-0.05, 0) is 79.9 Å². The SMILES string of the molecule is CC1=C(c2cccc(O)c2)C(c2ccc(OC[C@H](C)N3CC[C@@H](CF)C3)cc2)Oc2cc(O)ccc21. The number of alkyl halides is 1. The lowest BCUT2D eigenvalue weighted by Gasteiger charge is -2.31. The molecular formula is C30H32FNO4. The molecule has 0 aliphatic carbocycles. The summed E-state index contributed by atoms with van der Waals surface area (Å²) in [6.07, 6.45) is 0.489. The summed E-state index contributed by atoms with van der Waals surface area (Å²) in [5.41, 5.74) is 4.71. The average Bonchev–Trinajstić information content (AvgIpc) is 3.37. The third-order valence-corrected chi connectivity index (χ3v) is 7.27. The number of aromatic hydroxyl groups is 2. The Morgan fingerprint density at radius 2 is 1.83 bits per heavy atom. The number of hydrogen-bond acceptors (Lipinski definition) is 5. The van der Waals surface area contributed by atoms with Crippen LogP contribution in [0.2, 0.25) is 0 Å². The number of benzene rings is 3. The van der Waals surface area contributed by atoms with Crippen LogP contribution >= 0.6 is 0 Å². The Kier molecular flexibility index (Phi) is 6.88. The van der Waals surface area contributed by atoms with E-state index in [1.165, 1.54) is 0 Å². The van der Waals surface area contributed by atoms with Crippen molar-refractivity contribution in [3.8, 4) is 23.0 Å². The molecule has 2 heterocycles. The highest BCUT2D eigenvalue weighted by Crippen LogP contribution is 2.47. The van der Waals surface area contributed by atoms with Crippen LogP contribution in [0.5, 0.6) is 23.0 Å². The third-order valence-electron chi connectivity index (χ3n) is 7.27. The molecule has 0 spiro atoms. The van der Waals surface area contributed by atoms with Crippen molar-refractivity contribution in [2.75, 3.05) is 26.4 Å². The molecule has 1 saturated heterocycles. The molecule has 36 heavy (non-hydrogen) atoms. The van der Waals surface area contributed by atoms with Crippen molar-refractivity contribution in [1.29, 1.82) is 0 Å². The van der Waals surface area contributed by atoms with E-state index in [1.807, 2.05) is 49.4 Å². The summed E-state index contributed by atoms with van der Waals surface area (Å²) in [6.45, 7) is 6.15. The monoisotopic (exact) mass is 489 g/mol. The molecule has 188 valence electrons. The molecule has 2 aliphatic heterocycles. The minimum absolute atomic E-state index is 0.145. The quantitative estimate of drug-likeness (QED) is 0.413. The molecule has 1 unspecified atom stereocenters. The third kappa shape index (κ3) is 4.91. The smallest absolute Gasteiger partial charge is 0.150 e. The van der Waals surface area contributed by atoms with Gasteiger partial charge in [-0.2, -0.15) is 0 Å². The number of phenolic OH excluding ortho intramolecular Hbond substituents is 2. The minimum Gasteiger partial charge on any atom is -0.508 e. The summed E-state index contributed by atoms with van der Waals surface area (Å²) in [5, 5.41) is 20.2.